The molecule has 2 atom stereocenters. The smallest absolute Gasteiger partial charge is 0.305 e. The highest BCUT2D eigenvalue weighted by Crippen LogP contribution is 2.16. The fraction of sp³-hybridized carbons (Fsp3) is 0.889. The topological polar surface area (TPSA) is 95.9 Å². The van der Waals surface area contributed by atoms with Crippen molar-refractivity contribution < 1.29 is 24.5 Å². The number of unbranched alkanes of at least 4 members (excludes halogenated alkanes) is 34. The number of hydrogen-bond acceptors (Lipinski definition) is 5. The molecule has 0 spiro atoms. The van der Waals surface area contributed by atoms with Crippen LogP contribution in [0.5, 0.6) is 0 Å². The van der Waals surface area contributed by atoms with E-state index in [9.17, 15) is 19.8 Å². The molecule has 6 nitrogen and oxygen atoms in total. The number of allylic oxidation sites excluding steroid dienone is 4. The van der Waals surface area contributed by atoms with Gasteiger partial charge in [0.15, 0.2) is 0 Å². The number of hydrogen-bond donors (Lipinski definition) is 3. The Morgan fingerprint density at radius 3 is 1.18 bits per heavy atom. The average molecular weight is 846 g/mol. The molecule has 60 heavy (non-hydrogen) atoms. The number of amides is 1. The quantitative estimate of drug-likeness (QED) is 0.0322. The lowest BCUT2D eigenvalue weighted by molar-refractivity contribution is -0.143. The maximum absolute atomic E-state index is 12.4. The van der Waals surface area contributed by atoms with Gasteiger partial charge in [0.2, 0.25) is 5.91 Å². The molecule has 0 aromatic carbocycles. The van der Waals surface area contributed by atoms with Gasteiger partial charge >= 0.3 is 5.97 Å². The number of aliphatic hydroxyl groups excluding tert-OH is 2. The third-order valence-electron chi connectivity index (χ3n) is 12.2. The van der Waals surface area contributed by atoms with Gasteiger partial charge in [-0.3, -0.25) is 9.59 Å². The number of ether oxygens (including phenoxy) is 1. The van der Waals surface area contributed by atoms with E-state index in [-0.39, 0.29) is 18.5 Å². The van der Waals surface area contributed by atoms with Gasteiger partial charge < -0.3 is 20.3 Å². The van der Waals surface area contributed by atoms with Crippen LogP contribution in [-0.2, 0) is 14.3 Å². The Bertz CT molecular complexity index is 935. The highest BCUT2D eigenvalue weighted by Gasteiger charge is 2.20. The Morgan fingerprint density at radius 2 is 0.783 bits per heavy atom. The van der Waals surface area contributed by atoms with Crippen LogP contribution in [0.15, 0.2) is 24.3 Å². The molecule has 0 aromatic rings. The summed E-state index contributed by atoms with van der Waals surface area (Å²) in [7, 11) is 0. The van der Waals surface area contributed by atoms with Crippen LogP contribution in [0.3, 0.4) is 0 Å². The van der Waals surface area contributed by atoms with Gasteiger partial charge in [-0.25, -0.2) is 0 Å². The van der Waals surface area contributed by atoms with Crippen molar-refractivity contribution in [3.05, 3.63) is 24.3 Å². The summed E-state index contributed by atoms with van der Waals surface area (Å²) >= 11 is 0. The van der Waals surface area contributed by atoms with Crippen molar-refractivity contribution in [2.45, 2.75) is 296 Å². The lowest BCUT2D eigenvalue weighted by Crippen LogP contribution is -2.45. The van der Waals surface area contributed by atoms with E-state index >= 15 is 0 Å². The number of rotatable bonds is 49. The van der Waals surface area contributed by atoms with Crippen LogP contribution in [0.4, 0.5) is 0 Å². The summed E-state index contributed by atoms with van der Waals surface area (Å²) in [4.78, 5) is 24.5. The Morgan fingerprint density at radius 1 is 0.450 bits per heavy atom. The van der Waals surface area contributed by atoms with E-state index in [1.54, 1.807) is 0 Å². The molecule has 1 amide bonds. The lowest BCUT2D eigenvalue weighted by Gasteiger charge is -2.22. The van der Waals surface area contributed by atoms with Crippen LogP contribution in [0.25, 0.3) is 0 Å². The molecule has 354 valence electrons. The molecule has 0 aromatic heterocycles. The molecule has 0 heterocycles. The van der Waals surface area contributed by atoms with Crippen molar-refractivity contribution in [2.75, 3.05) is 13.2 Å². The summed E-state index contributed by atoms with van der Waals surface area (Å²) in [6, 6.07) is -0.566. The van der Waals surface area contributed by atoms with Gasteiger partial charge in [0.05, 0.1) is 25.4 Å². The number of esters is 1. The minimum atomic E-state index is -0.686. The van der Waals surface area contributed by atoms with E-state index in [1.807, 2.05) is 0 Å². The van der Waals surface area contributed by atoms with Gasteiger partial charge in [0, 0.05) is 12.8 Å². The maximum Gasteiger partial charge on any atom is 0.305 e. The number of nitrogens with one attached hydrogen (secondary N) is 1. The molecule has 0 aliphatic heterocycles. The monoisotopic (exact) mass is 846 g/mol. The summed E-state index contributed by atoms with van der Waals surface area (Å²) in [5, 5.41) is 23.2. The predicted octanol–water partition coefficient (Wildman–Crippen LogP) is 15.9. The molecule has 0 saturated carbocycles. The molecule has 2 unspecified atom stereocenters. The fourth-order valence-corrected chi connectivity index (χ4v) is 8.10. The molecule has 0 radical (unpaired) electrons. The minimum Gasteiger partial charge on any atom is -0.466 e. The largest absolute Gasteiger partial charge is 0.466 e. The highest BCUT2D eigenvalue weighted by atomic mass is 16.5. The SMILES string of the molecule is CCCCCCCCC/C=C\CCCCCCCCCC(=O)OCCCC/C=C\CCCCCCC(=O)NC(CO)C(O)CCCCCCCCCCCCCCCCC. The molecule has 0 fully saturated rings. The van der Waals surface area contributed by atoms with Crippen molar-refractivity contribution >= 4 is 11.9 Å². The first-order valence-corrected chi connectivity index (χ1v) is 26.6. The zero-order chi connectivity index (χ0) is 43.7. The third-order valence-corrected chi connectivity index (χ3v) is 12.2. The van der Waals surface area contributed by atoms with Gasteiger partial charge in [0.1, 0.15) is 0 Å². The molecule has 0 rings (SSSR count). The predicted molar refractivity (Wildman–Crippen MR) is 260 cm³/mol. The summed E-state index contributed by atoms with van der Waals surface area (Å²) in [6.07, 6.45) is 58.7. The van der Waals surface area contributed by atoms with Crippen molar-refractivity contribution in [3.63, 3.8) is 0 Å². The molecule has 0 bridgehead atoms. The van der Waals surface area contributed by atoms with Gasteiger partial charge in [-0.1, -0.05) is 218 Å². The molecule has 3 N–H and O–H groups in total. The number of carbonyl (C=O) groups is 2. The second-order valence-electron chi connectivity index (χ2n) is 18.2. The standard InChI is InChI=1S/C54H103NO5/c1-3-5-7-9-11-13-15-17-19-20-21-23-25-27-32-36-40-44-48-54(59)60-49-45-41-37-33-29-28-31-35-39-43-47-53(58)55-51(50-56)52(57)46-42-38-34-30-26-24-22-18-16-14-12-10-8-6-4-2/h19-20,29,33,51-52,56-57H,3-18,21-28,30-32,34-50H2,1-2H3,(H,55,58)/b20-19-,33-29-. The van der Waals surface area contributed by atoms with Crippen LogP contribution in [-0.4, -0.2) is 47.4 Å². The van der Waals surface area contributed by atoms with Crippen molar-refractivity contribution in [2.24, 2.45) is 0 Å². The Kier molecular flexibility index (Phi) is 48.6. The van der Waals surface area contributed by atoms with E-state index in [0.717, 1.165) is 77.0 Å². The fourth-order valence-electron chi connectivity index (χ4n) is 8.10. The molecule has 0 saturated heterocycles. The Hall–Kier alpha value is -1.66. The first-order chi connectivity index (χ1) is 29.5. The van der Waals surface area contributed by atoms with Crippen molar-refractivity contribution in [1.29, 1.82) is 0 Å². The molecule has 0 aliphatic rings. The maximum atomic E-state index is 12.4. The lowest BCUT2D eigenvalue weighted by atomic mass is 10.0. The zero-order valence-corrected chi connectivity index (χ0v) is 40.2. The Balaban J connectivity index is 3.51. The van der Waals surface area contributed by atoms with Crippen molar-refractivity contribution in [1.82, 2.24) is 5.32 Å². The van der Waals surface area contributed by atoms with Crippen LogP contribution in [0.2, 0.25) is 0 Å². The van der Waals surface area contributed by atoms with E-state index < -0.39 is 12.1 Å². The zero-order valence-electron chi connectivity index (χ0n) is 40.2. The first kappa shape index (κ1) is 58.3. The molecular formula is C54H103NO5. The molecule has 6 heteroatoms. The Labute approximate surface area is 373 Å². The second-order valence-corrected chi connectivity index (χ2v) is 18.2. The van der Waals surface area contributed by atoms with E-state index in [0.29, 0.717) is 25.9 Å². The van der Waals surface area contributed by atoms with Gasteiger partial charge in [0.25, 0.3) is 0 Å². The summed E-state index contributed by atoms with van der Waals surface area (Å²) in [5.41, 5.74) is 0. The molecular weight excluding hydrogens is 743 g/mol. The van der Waals surface area contributed by atoms with E-state index in [4.69, 9.17) is 4.74 Å². The van der Waals surface area contributed by atoms with Gasteiger partial charge in [-0.2, -0.15) is 0 Å². The normalized spacial score (nSPS) is 12.8. The van der Waals surface area contributed by atoms with Crippen LogP contribution in [0.1, 0.15) is 284 Å². The van der Waals surface area contributed by atoms with E-state index in [1.165, 1.54) is 173 Å². The highest BCUT2D eigenvalue weighted by molar-refractivity contribution is 5.76. The number of carbonyl (C=O) groups excluding carboxylic acids is 2. The number of aliphatic hydroxyl groups is 2. The van der Waals surface area contributed by atoms with Crippen LogP contribution < -0.4 is 5.32 Å². The van der Waals surface area contributed by atoms with Crippen LogP contribution >= 0.6 is 0 Å². The van der Waals surface area contributed by atoms with Gasteiger partial charge in [-0.15, -0.1) is 0 Å². The molecule has 0 aliphatic carbocycles. The average Bonchev–Trinajstić information content (AvgIpc) is 3.25. The summed E-state index contributed by atoms with van der Waals surface area (Å²) < 4.78 is 5.44. The van der Waals surface area contributed by atoms with E-state index in [2.05, 4.69) is 43.5 Å². The summed E-state index contributed by atoms with van der Waals surface area (Å²) in [5.74, 6) is -0.109. The van der Waals surface area contributed by atoms with Gasteiger partial charge in [-0.05, 0) is 77.0 Å². The summed E-state index contributed by atoms with van der Waals surface area (Å²) in [6.45, 7) is 4.87. The first-order valence-electron chi connectivity index (χ1n) is 26.6. The minimum absolute atomic E-state index is 0.0392. The third kappa shape index (κ3) is 45.9. The van der Waals surface area contributed by atoms with Crippen molar-refractivity contribution in [3.8, 4) is 0 Å². The van der Waals surface area contributed by atoms with Crippen LogP contribution in [0, 0.1) is 0 Å². The second kappa shape index (κ2) is 50.0.